The molecule has 1 aromatic carbocycles. The Morgan fingerprint density at radius 2 is 2.06 bits per heavy atom. The van der Waals surface area contributed by atoms with E-state index in [2.05, 4.69) is 10.6 Å². The summed E-state index contributed by atoms with van der Waals surface area (Å²) in [5.74, 6) is -0.281. The van der Waals surface area contributed by atoms with Gasteiger partial charge in [-0.15, -0.1) is 0 Å². The molecule has 2 amide bonds. The molecule has 1 aromatic rings. The maximum absolute atomic E-state index is 11.5. The molecular weight excluding hydrogens is 232 g/mol. The second-order valence-corrected chi connectivity index (χ2v) is 3.80. The molecule has 0 saturated carbocycles. The van der Waals surface area contributed by atoms with Gasteiger partial charge >= 0.3 is 6.03 Å². The number of guanidine groups is 1. The maximum atomic E-state index is 11.5. The summed E-state index contributed by atoms with van der Waals surface area (Å²) < 4.78 is 0. The Morgan fingerprint density at radius 3 is 2.56 bits per heavy atom. The number of hydrogen-bond donors (Lipinski definition) is 5. The molecule has 1 rings (SSSR count). The normalized spacial score (nSPS) is 9.89. The van der Waals surface area contributed by atoms with Crippen LogP contribution in [-0.2, 0) is 12.8 Å². The lowest BCUT2D eigenvalue weighted by Gasteiger charge is -2.15. The van der Waals surface area contributed by atoms with Crippen LogP contribution in [0.5, 0.6) is 5.75 Å². The van der Waals surface area contributed by atoms with E-state index in [9.17, 15) is 9.90 Å². The van der Waals surface area contributed by atoms with Crippen molar-refractivity contribution in [2.24, 2.45) is 5.73 Å². The standard InChI is InChI=1S/C12H18N4O2/c1-3-7-5-6-9(17)8(4-2)10(7)15-12(18)16-11(13)14/h5-6,17H,3-4H2,1-2H3,(H5,13,14,15,16,18). The summed E-state index contributed by atoms with van der Waals surface area (Å²) in [6.45, 7) is 3.85. The van der Waals surface area contributed by atoms with Crippen molar-refractivity contribution in [3.63, 3.8) is 0 Å². The Kier molecular flexibility index (Phi) is 4.53. The zero-order valence-electron chi connectivity index (χ0n) is 10.5. The number of amides is 2. The fourth-order valence-corrected chi connectivity index (χ4v) is 1.76. The van der Waals surface area contributed by atoms with Gasteiger partial charge < -0.3 is 16.2 Å². The molecule has 0 aromatic heterocycles. The van der Waals surface area contributed by atoms with E-state index >= 15 is 0 Å². The highest BCUT2D eigenvalue weighted by Crippen LogP contribution is 2.30. The average molecular weight is 250 g/mol. The van der Waals surface area contributed by atoms with E-state index in [1.807, 2.05) is 13.8 Å². The molecule has 0 aliphatic heterocycles. The lowest BCUT2D eigenvalue weighted by molar-refractivity contribution is 0.256. The predicted octanol–water partition coefficient (Wildman–Crippen LogP) is 1.53. The molecule has 6 heteroatoms. The molecule has 0 saturated heterocycles. The van der Waals surface area contributed by atoms with Gasteiger partial charge in [-0.25, -0.2) is 4.79 Å². The Balaban J connectivity index is 3.08. The van der Waals surface area contributed by atoms with E-state index in [0.29, 0.717) is 17.7 Å². The third-order valence-corrected chi connectivity index (χ3v) is 2.60. The number of carbonyl (C=O) groups excluding carboxylic acids is 1. The number of phenolic OH excluding ortho intramolecular Hbond substituents is 1. The molecule has 0 fully saturated rings. The second kappa shape index (κ2) is 5.90. The van der Waals surface area contributed by atoms with Crippen molar-refractivity contribution in [2.45, 2.75) is 26.7 Å². The van der Waals surface area contributed by atoms with Crippen molar-refractivity contribution in [3.8, 4) is 5.75 Å². The van der Waals surface area contributed by atoms with E-state index in [-0.39, 0.29) is 5.75 Å². The predicted molar refractivity (Wildman–Crippen MR) is 70.9 cm³/mol. The van der Waals surface area contributed by atoms with Gasteiger partial charge in [0.2, 0.25) is 0 Å². The third-order valence-electron chi connectivity index (χ3n) is 2.60. The van der Waals surface area contributed by atoms with Gasteiger partial charge in [0.05, 0.1) is 5.69 Å². The van der Waals surface area contributed by atoms with E-state index in [1.165, 1.54) is 0 Å². The second-order valence-electron chi connectivity index (χ2n) is 3.80. The molecule has 6 nitrogen and oxygen atoms in total. The lowest BCUT2D eigenvalue weighted by Crippen LogP contribution is -2.39. The Bertz CT molecular complexity index is 471. The fraction of sp³-hybridized carbons (Fsp3) is 0.333. The van der Waals surface area contributed by atoms with Crippen molar-refractivity contribution < 1.29 is 9.90 Å². The lowest BCUT2D eigenvalue weighted by atomic mass is 10.0. The minimum atomic E-state index is -0.586. The summed E-state index contributed by atoms with van der Waals surface area (Å²) in [6, 6.07) is 2.79. The topological polar surface area (TPSA) is 111 Å². The van der Waals surface area contributed by atoms with Crippen molar-refractivity contribution in [1.29, 1.82) is 5.41 Å². The number of nitrogens with two attached hydrogens (primary N) is 1. The first kappa shape index (κ1) is 13.8. The van der Waals surface area contributed by atoms with Gasteiger partial charge in [0, 0.05) is 5.56 Å². The number of anilines is 1. The molecule has 0 spiro atoms. The van der Waals surface area contributed by atoms with Gasteiger partial charge in [-0.3, -0.25) is 10.7 Å². The van der Waals surface area contributed by atoms with Crippen molar-refractivity contribution >= 4 is 17.7 Å². The summed E-state index contributed by atoms with van der Waals surface area (Å²) in [4.78, 5) is 11.5. The van der Waals surface area contributed by atoms with Gasteiger partial charge in [0.1, 0.15) is 5.75 Å². The summed E-state index contributed by atoms with van der Waals surface area (Å²) in [7, 11) is 0. The number of nitrogens with one attached hydrogen (secondary N) is 3. The molecule has 0 radical (unpaired) electrons. The number of carbonyl (C=O) groups is 1. The molecule has 0 atom stereocenters. The largest absolute Gasteiger partial charge is 0.508 e. The number of urea groups is 1. The summed E-state index contributed by atoms with van der Waals surface area (Å²) >= 11 is 0. The highest BCUT2D eigenvalue weighted by Gasteiger charge is 2.13. The van der Waals surface area contributed by atoms with E-state index < -0.39 is 12.0 Å². The molecule has 0 bridgehead atoms. The first-order valence-corrected chi connectivity index (χ1v) is 5.75. The van der Waals surface area contributed by atoms with Gasteiger partial charge in [-0.1, -0.05) is 19.9 Å². The Morgan fingerprint density at radius 1 is 1.39 bits per heavy atom. The van der Waals surface area contributed by atoms with E-state index in [4.69, 9.17) is 11.1 Å². The van der Waals surface area contributed by atoms with Crippen molar-refractivity contribution in [2.75, 3.05) is 5.32 Å². The van der Waals surface area contributed by atoms with Crippen LogP contribution in [0.4, 0.5) is 10.5 Å². The highest BCUT2D eigenvalue weighted by atomic mass is 16.3. The monoisotopic (exact) mass is 250 g/mol. The molecule has 0 heterocycles. The molecule has 98 valence electrons. The first-order chi connectivity index (χ1) is 8.49. The van der Waals surface area contributed by atoms with Gasteiger partial charge in [0.15, 0.2) is 5.96 Å². The molecule has 0 aliphatic carbocycles. The van der Waals surface area contributed by atoms with Crippen LogP contribution >= 0.6 is 0 Å². The molecule has 0 aliphatic rings. The number of benzene rings is 1. The number of aryl methyl sites for hydroxylation is 1. The quantitative estimate of drug-likeness (QED) is 0.414. The molecule has 0 unspecified atom stereocenters. The summed E-state index contributed by atoms with van der Waals surface area (Å²) in [5.41, 5.74) is 7.26. The van der Waals surface area contributed by atoms with Crippen LogP contribution in [0.1, 0.15) is 25.0 Å². The summed E-state index contributed by atoms with van der Waals surface area (Å²) in [6.07, 6.45) is 1.32. The van der Waals surface area contributed by atoms with Gasteiger partial charge in [-0.2, -0.15) is 0 Å². The highest BCUT2D eigenvalue weighted by molar-refractivity contribution is 6.01. The van der Waals surface area contributed by atoms with Crippen LogP contribution in [-0.4, -0.2) is 17.1 Å². The van der Waals surface area contributed by atoms with Crippen molar-refractivity contribution in [3.05, 3.63) is 23.3 Å². The Labute approximate surface area is 106 Å². The number of aromatic hydroxyl groups is 1. The van der Waals surface area contributed by atoms with E-state index in [0.717, 1.165) is 12.0 Å². The smallest absolute Gasteiger partial charge is 0.325 e. The van der Waals surface area contributed by atoms with Crippen LogP contribution in [0.15, 0.2) is 12.1 Å². The molecular formula is C12H18N4O2. The SMILES string of the molecule is CCc1ccc(O)c(CC)c1NC(=O)NC(=N)N. The van der Waals surface area contributed by atoms with Crippen molar-refractivity contribution in [1.82, 2.24) is 5.32 Å². The van der Waals surface area contributed by atoms with Crippen LogP contribution in [0.25, 0.3) is 0 Å². The Hall–Kier alpha value is -2.24. The van der Waals surface area contributed by atoms with Crippen LogP contribution < -0.4 is 16.4 Å². The molecule has 6 N–H and O–H groups in total. The number of hydrogen-bond acceptors (Lipinski definition) is 3. The fourth-order valence-electron chi connectivity index (χ4n) is 1.76. The van der Waals surface area contributed by atoms with Gasteiger partial charge in [0.25, 0.3) is 0 Å². The minimum absolute atomic E-state index is 0.146. The zero-order valence-corrected chi connectivity index (χ0v) is 10.5. The average Bonchev–Trinajstić information content (AvgIpc) is 2.28. The summed E-state index contributed by atoms with van der Waals surface area (Å²) in [5, 5.41) is 21.5. The third kappa shape index (κ3) is 3.13. The van der Waals surface area contributed by atoms with Crippen LogP contribution in [0.3, 0.4) is 0 Å². The van der Waals surface area contributed by atoms with Crippen LogP contribution in [0.2, 0.25) is 0 Å². The number of phenols is 1. The zero-order chi connectivity index (χ0) is 13.7. The first-order valence-electron chi connectivity index (χ1n) is 5.75. The van der Waals surface area contributed by atoms with E-state index in [1.54, 1.807) is 12.1 Å². The van der Waals surface area contributed by atoms with Gasteiger partial charge in [-0.05, 0) is 24.5 Å². The minimum Gasteiger partial charge on any atom is -0.508 e. The number of rotatable bonds is 3. The van der Waals surface area contributed by atoms with Crippen LogP contribution in [0, 0.1) is 5.41 Å². The molecule has 18 heavy (non-hydrogen) atoms. The maximum Gasteiger partial charge on any atom is 0.325 e.